The fraction of sp³-hybridized carbons (Fsp3) is 0.667. The second-order valence-electron chi connectivity index (χ2n) is 9.93. The van der Waals surface area contributed by atoms with Crippen LogP contribution in [0.1, 0.15) is 67.8 Å². The molecule has 0 bridgehead atoms. The fourth-order valence-electron chi connectivity index (χ4n) is 4.84. The number of aromatic nitrogens is 2. The van der Waals surface area contributed by atoms with Crippen LogP contribution in [0.25, 0.3) is 0 Å². The van der Waals surface area contributed by atoms with Crippen LogP contribution in [0.3, 0.4) is 0 Å². The Balaban J connectivity index is 0.000000189. The molecule has 1 saturated carbocycles. The number of ether oxygens (including phenoxy) is 4. The average Bonchev–Trinajstić information content (AvgIpc) is 3.61. The van der Waals surface area contributed by atoms with E-state index in [0.29, 0.717) is 31.4 Å². The Morgan fingerprint density at radius 1 is 1.03 bits per heavy atom. The molecule has 5 rings (SSSR count). The van der Waals surface area contributed by atoms with E-state index in [-0.39, 0.29) is 18.8 Å². The highest BCUT2D eigenvalue weighted by atomic mass is 16.7. The third-order valence-corrected chi connectivity index (χ3v) is 7.07. The van der Waals surface area contributed by atoms with Crippen LogP contribution >= 0.6 is 0 Å². The Bertz CT molecular complexity index is 918. The van der Waals surface area contributed by atoms with E-state index in [1.807, 2.05) is 18.5 Å². The highest BCUT2D eigenvalue weighted by Gasteiger charge is 2.31. The van der Waals surface area contributed by atoms with Crippen LogP contribution in [0.5, 0.6) is 11.6 Å². The molecular weight excluding hydrogens is 448 g/mol. The third kappa shape index (κ3) is 6.97. The van der Waals surface area contributed by atoms with Gasteiger partial charge in [-0.1, -0.05) is 17.7 Å². The summed E-state index contributed by atoms with van der Waals surface area (Å²) in [7, 11) is 0. The van der Waals surface area contributed by atoms with E-state index in [0.717, 1.165) is 30.0 Å². The molecule has 194 valence electrons. The van der Waals surface area contributed by atoms with Crippen molar-refractivity contribution in [3.8, 4) is 11.6 Å². The van der Waals surface area contributed by atoms with Gasteiger partial charge in [-0.25, -0.2) is 0 Å². The molecule has 3 aliphatic rings. The van der Waals surface area contributed by atoms with Crippen LogP contribution in [-0.4, -0.2) is 64.4 Å². The molecule has 1 aromatic heterocycles. The molecule has 3 heterocycles. The van der Waals surface area contributed by atoms with E-state index in [1.165, 1.54) is 31.2 Å². The minimum Gasteiger partial charge on any atom is -0.490 e. The Labute approximate surface area is 208 Å². The zero-order valence-electron chi connectivity index (χ0n) is 21.2. The number of aliphatic hydroxyl groups is 2. The molecule has 2 saturated heterocycles. The van der Waals surface area contributed by atoms with Crippen molar-refractivity contribution in [2.24, 2.45) is 0 Å². The Hall–Kier alpha value is -2.13. The molecule has 2 aliphatic heterocycles. The van der Waals surface area contributed by atoms with E-state index in [4.69, 9.17) is 18.9 Å². The van der Waals surface area contributed by atoms with Gasteiger partial charge in [0.15, 0.2) is 0 Å². The van der Waals surface area contributed by atoms with Crippen LogP contribution in [-0.2, 0) is 9.47 Å². The topological polar surface area (TPSA) is 95.2 Å². The first-order valence-corrected chi connectivity index (χ1v) is 12.9. The van der Waals surface area contributed by atoms with Crippen LogP contribution < -0.4 is 9.47 Å². The average molecular weight is 489 g/mol. The molecular formula is C27H40N2O6. The first kappa shape index (κ1) is 25.9. The van der Waals surface area contributed by atoms with E-state index in [9.17, 15) is 10.2 Å². The number of hydrogen-bond donors (Lipinski definition) is 2. The van der Waals surface area contributed by atoms with Crippen LogP contribution in [0.2, 0.25) is 0 Å². The van der Waals surface area contributed by atoms with Crippen molar-refractivity contribution >= 4 is 0 Å². The Kier molecular flexibility index (Phi) is 9.05. The van der Waals surface area contributed by atoms with Gasteiger partial charge in [-0.2, -0.15) is 0 Å². The molecule has 4 atom stereocenters. The monoisotopic (exact) mass is 488 g/mol. The normalized spacial score (nSPS) is 26.9. The predicted octanol–water partition coefficient (Wildman–Crippen LogP) is 4.01. The molecule has 2 N–H and O–H groups in total. The minimum absolute atomic E-state index is 0.122. The second kappa shape index (κ2) is 12.2. The number of aliphatic hydroxyl groups excluding tert-OH is 2. The zero-order chi connectivity index (χ0) is 24.8. The summed E-state index contributed by atoms with van der Waals surface area (Å²) in [6.45, 7) is 7.39. The lowest BCUT2D eigenvalue weighted by Crippen LogP contribution is -2.40. The summed E-state index contributed by atoms with van der Waals surface area (Å²) in [4.78, 5) is 0. The van der Waals surface area contributed by atoms with Crippen molar-refractivity contribution in [3.63, 3.8) is 0 Å². The van der Waals surface area contributed by atoms with E-state index < -0.39 is 12.4 Å². The summed E-state index contributed by atoms with van der Waals surface area (Å²) >= 11 is 0. The van der Waals surface area contributed by atoms with Gasteiger partial charge in [-0.3, -0.25) is 4.68 Å². The third-order valence-electron chi connectivity index (χ3n) is 7.07. The summed E-state index contributed by atoms with van der Waals surface area (Å²) in [5.41, 5.74) is 3.32. The summed E-state index contributed by atoms with van der Waals surface area (Å²) in [6, 6.07) is 8.58. The lowest BCUT2D eigenvalue weighted by Gasteiger charge is -2.31. The molecule has 0 spiro atoms. The van der Waals surface area contributed by atoms with E-state index in [1.54, 1.807) is 0 Å². The maximum atomic E-state index is 9.85. The number of hydrogen-bond acceptors (Lipinski definition) is 7. The maximum absolute atomic E-state index is 9.85. The first-order valence-electron chi connectivity index (χ1n) is 12.9. The molecule has 0 radical (unpaired) electrons. The van der Waals surface area contributed by atoms with Gasteiger partial charge in [-0.05, 0) is 65.0 Å². The molecule has 8 nitrogen and oxygen atoms in total. The Morgan fingerprint density at radius 3 is 2.43 bits per heavy atom. The quantitative estimate of drug-likeness (QED) is 0.634. The van der Waals surface area contributed by atoms with E-state index >= 15 is 0 Å². The minimum atomic E-state index is -0.581. The number of benzene rings is 1. The van der Waals surface area contributed by atoms with Gasteiger partial charge < -0.3 is 29.2 Å². The molecule has 1 aromatic carbocycles. The van der Waals surface area contributed by atoms with Gasteiger partial charge in [0.2, 0.25) is 12.2 Å². The molecule has 3 fully saturated rings. The van der Waals surface area contributed by atoms with Crippen LogP contribution in [0.15, 0.2) is 24.3 Å². The molecule has 2 aromatic rings. The van der Waals surface area contributed by atoms with Gasteiger partial charge in [0.05, 0.1) is 37.6 Å². The van der Waals surface area contributed by atoms with Crippen LogP contribution in [0.4, 0.5) is 0 Å². The standard InChI is InChI=1S/C15H24N2O5.C12H16O/c1-9-10(2)17(11-3-4-20-8-11)16-15(9)22-14-6-12(19)5-13(7-18)21-14;1-10-6-8-12(9-7-10)13-11-4-2-3-5-11/h11-14,18-19H,3-8H2,1-2H3;6-9,11H,2-5H2,1H3. The lowest BCUT2D eigenvalue weighted by molar-refractivity contribution is -0.186. The largest absolute Gasteiger partial charge is 0.490 e. The van der Waals surface area contributed by atoms with Crippen molar-refractivity contribution in [3.05, 3.63) is 41.1 Å². The fourth-order valence-corrected chi connectivity index (χ4v) is 4.84. The first-order chi connectivity index (χ1) is 16.9. The van der Waals surface area contributed by atoms with Crippen molar-refractivity contribution in [2.45, 2.75) is 96.4 Å². The second-order valence-corrected chi connectivity index (χ2v) is 9.93. The summed E-state index contributed by atoms with van der Waals surface area (Å²) in [5.74, 6) is 1.55. The van der Waals surface area contributed by atoms with Gasteiger partial charge in [0.1, 0.15) is 5.75 Å². The molecule has 8 heteroatoms. The molecule has 0 amide bonds. The number of rotatable bonds is 6. The smallest absolute Gasteiger partial charge is 0.238 e. The van der Waals surface area contributed by atoms with Crippen molar-refractivity contribution < 1.29 is 29.2 Å². The predicted molar refractivity (Wildman–Crippen MR) is 132 cm³/mol. The van der Waals surface area contributed by atoms with Crippen molar-refractivity contribution in [1.29, 1.82) is 0 Å². The molecule has 4 unspecified atom stereocenters. The highest BCUT2D eigenvalue weighted by molar-refractivity contribution is 5.29. The van der Waals surface area contributed by atoms with Gasteiger partial charge in [0.25, 0.3) is 0 Å². The highest BCUT2D eigenvalue weighted by Crippen LogP contribution is 2.29. The SMILES string of the molecule is Cc1c(OC2CC(O)CC(CO)O2)nn(C2CCOC2)c1C.Cc1ccc(OC2CCCC2)cc1. The van der Waals surface area contributed by atoms with Crippen molar-refractivity contribution in [2.75, 3.05) is 19.8 Å². The van der Waals surface area contributed by atoms with Gasteiger partial charge in [-0.15, -0.1) is 5.10 Å². The Morgan fingerprint density at radius 2 is 1.77 bits per heavy atom. The molecule has 35 heavy (non-hydrogen) atoms. The van der Waals surface area contributed by atoms with Gasteiger partial charge >= 0.3 is 0 Å². The van der Waals surface area contributed by atoms with Crippen LogP contribution in [0, 0.1) is 20.8 Å². The number of aryl methyl sites for hydroxylation is 1. The zero-order valence-corrected chi connectivity index (χ0v) is 21.2. The summed E-state index contributed by atoms with van der Waals surface area (Å²) in [5, 5.41) is 23.6. The summed E-state index contributed by atoms with van der Waals surface area (Å²) < 4.78 is 24.7. The lowest BCUT2D eigenvalue weighted by atomic mass is 10.1. The van der Waals surface area contributed by atoms with Crippen molar-refractivity contribution in [1.82, 2.24) is 9.78 Å². The van der Waals surface area contributed by atoms with E-state index in [2.05, 4.69) is 36.3 Å². The van der Waals surface area contributed by atoms with Gasteiger partial charge in [0, 0.05) is 30.7 Å². The number of nitrogens with zero attached hydrogens (tertiary/aromatic N) is 2. The summed E-state index contributed by atoms with van der Waals surface area (Å²) in [6.07, 6.45) is 5.87. The molecule has 1 aliphatic carbocycles. The maximum Gasteiger partial charge on any atom is 0.238 e.